The van der Waals surface area contributed by atoms with Crippen LogP contribution in [0.5, 0.6) is 0 Å². The number of amides is 1. The van der Waals surface area contributed by atoms with Crippen LogP contribution in [0.25, 0.3) is 0 Å². The Morgan fingerprint density at radius 3 is 2.29 bits per heavy atom. The van der Waals surface area contributed by atoms with Gasteiger partial charge < -0.3 is 11.1 Å². The maximum absolute atomic E-state index is 11.5. The van der Waals surface area contributed by atoms with E-state index in [4.69, 9.17) is 5.73 Å². The minimum atomic E-state index is -0.794. The van der Waals surface area contributed by atoms with Crippen LogP contribution in [0, 0.1) is 10.1 Å². The molecule has 3 N–H and O–H groups in total. The fourth-order valence-corrected chi connectivity index (χ4v) is 4.01. The molecule has 148 valence electrons. The molecule has 2 aromatic rings. The SMILES string of the molecule is NC(=O)c1cccc(CNc2ccc(C3CCCCCCC3)cc2)c1[N+](=O)[O-]. The molecule has 1 amide bonds. The van der Waals surface area contributed by atoms with E-state index in [0.29, 0.717) is 11.5 Å². The molecule has 3 rings (SSSR count). The Bertz CT molecular complexity index is 825. The number of anilines is 1. The lowest BCUT2D eigenvalue weighted by molar-refractivity contribution is -0.385. The number of nitrogens with two attached hydrogens (primary N) is 1. The van der Waals surface area contributed by atoms with Gasteiger partial charge in [0.2, 0.25) is 0 Å². The number of rotatable bonds is 6. The molecule has 2 aromatic carbocycles. The first-order chi connectivity index (χ1) is 13.6. The first-order valence-electron chi connectivity index (χ1n) is 9.96. The number of carbonyl (C=O) groups excluding carboxylic acids is 1. The van der Waals surface area contributed by atoms with Gasteiger partial charge in [-0.25, -0.2) is 0 Å². The molecular weight excluding hydrogens is 354 g/mol. The third-order valence-electron chi connectivity index (χ3n) is 5.54. The third kappa shape index (κ3) is 4.88. The average Bonchev–Trinajstić information content (AvgIpc) is 2.66. The first kappa shape index (κ1) is 19.9. The van der Waals surface area contributed by atoms with Gasteiger partial charge in [0.25, 0.3) is 11.6 Å². The van der Waals surface area contributed by atoms with Gasteiger partial charge >= 0.3 is 0 Å². The Balaban J connectivity index is 1.69. The average molecular weight is 381 g/mol. The second kappa shape index (κ2) is 9.35. The van der Waals surface area contributed by atoms with E-state index in [0.717, 1.165) is 5.69 Å². The second-order valence-corrected chi connectivity index (χ2v) is 7.45. The quantitative estimate of drug-likeness (QED) is 0.535. The van der Waals surface area contributed by atoms with Crippen LogP contribution in [-0.2, 0) is 6.54 Å². The fraction of sp³-hybridized carbons (Fsp3) is 0.409. The first-order valence-corrected chi connectivity index (χ1v) is 9.96. The number of nitrogens with zero attached hydrogens (tertiary/aromatic N) is 1. The van der Waals surface area contributed by atoms with Crippen molar-refractivity contribution >= 4 is 17.3 Å². The minimum absolute atomic E-state index is 0.0658. The van der Waals surface area contributed by atoms with Gasteiger partial charge in [0.05, 0.1) is 4.92 Å². The molecular formula is C22H27N3O3. The summed E-state index contributed by atoms with van der Waals surface area (Å²) < 4.78 is 0. The molecule has 0 atom stereocenters. The highest BCUT2D eigenvalue weighted by Gasteiger charge is 2.22. The third-order valence-corrected chi connectivity index (χ3v) is 5.54. The van der Waals surface area contributed by atoms with Crippen LogP contribution < -0.4 is 11.1 Å². The predicted molar refractivity (Wildman–Crippen MR) is 110 cm³/mol. The van der Waals surface area contributed by atoms with Crippen molar-refractivity contribution in [2.45, 2.75) is 57.4 Å². The zero-order valence-corrected chi connectivity index (χ0v) is 16.0. The number of carbonyl (C=O) groups is 1. The predicted octanol–water partition coefficient (Wildman–Crippen LogP) is 5.13. The Morgan fingerprint density at radius 1 is 1.04 bits per heavy atom. The Kier molecular flexibility index (Phi) is 6.63. The molecule has 0 saturated heterocycles. The molecule has 28 heavy (non-hydrogen) atoms. The summed E-state index contributed by atoms with van der Waals surface area (Å²) in [6.45, 7) is 0.250. The summed E-state index contributed by atoms with van der Waals surface area (Å²) in [4.78, 5) is 22.3. The van der Waals surface area contributed by atoms with Crippen molar-refractivity contribution in [3.8, 4) is 0 Å². The van der Waals surface area contributed by atoms with Gasteiger partial charge in [-0.15, -0.1) is 0 Å². The summed E-state index contributed by atoms with van der Waals surface area (Å²) in [6, 6.07) is 13.0. The van der Waals surface area contributed by atoms with Crippen LogP contribution >= 0.6 is 0 Å². The standard InChI is InChI=1S/C22H27N3O3/c23-22(26)20-10-6-9-18(21(20)25(27)28)15-24-19-13-11-17(12-14-19)16-7-4-2-1-3-5-8-16/h6,9-14,16,24H,1-5,7-8,15H2,(H2,23,26). The van der Waals surface area contributed by atoms with E-state index >= 15 is 0 Å². The second-order valence-electron chi connectivity index (χ2n) is 7.45. The maximum Gasteiger partial charge on any atom is 0.287 e. The van der Waals surface area contributed by atoms with Crippen molar-refractivity contribution in [1.29, 1.82) is 0 Å². The zero-order valence-electron chi connectivity index (χ0n) is 16.0. The van der Waals surface area contributed by atoms with Crippen LogP contribution in [0.15, 0.2) is 42.5 Å². The lowest BCUT2D eigenvalue weighted by atomic mass is 9.86. The molecule has 6 nitrogen and oxygen atoms in total. The van der Waals surface area contributed by atoms with Gasteiger partial charge in [-0.3, -0.25) is 14.9 Å². The number of hydrogen-bond donors (Lipinski definition) is 2. The molecule has 0 unspecified atom stereocenters. The van der Waals surface area contributed by atoms with Crippen LogP contribution in [0.4, 0.5) is 11.4 Å². The molecule has 6 heteroatoms. The van der Waals surface area contributed by atoms with Crippen molar-refractivity contribution in [2.75, 3.05) is 5.32 Å². The molecule has 0 bridgehead atoms. The number of hydrogen-bond acceptors (Lipinski definition) is 4. The smallest absolute Gasteiger partial charge is 0.287 e. The highest BCUT2D eigenvalue weighted by molar-refractivity contribution is 5.97. The summed E-state index contributed by atoms with van der Waals surface area (Å²) in [5, 5.41) is 14.6. The molecule has 0 heterocycles. The normalized spacial score (nSPS) is 15.4. The van der Waals surface area contributed by atoms with Gasteiger partial charge in [0.1, 0.15) is 5.56 Å². The highest BCUT2D eigenvalue weighted by Crippen LogP contribution is 2.31. The molecule has 0 aliphatic heterocycles. The summed E-state index contributed by atoms with van der Waals surface area (Å²) in [5.74, 6) is -0.167. The lowest BCUT2D eigenvalue weighted by Gasteiger charge is -2.20. The number of para-hydroxylation sites is 1. The molecule has 1 fully saturated rings. The van der Waals surface area contributed by atoms with Crippen molar-refractivity contribution < 1.29 is 9.72 Å². The van der Waals surface area contributed by atoms with Crippen LogP contribution in [0.2, 0.25) is 0 Å². The van der Waals surface area contributed by atoms with Crippen LogP contribution in [0.3, 0.4) is 0 Å². The summed E-state index contributed by atoms with van der Waals surface area (Å²) in [7, 11) is 0. The Labute approximate surface area is 165 Å². The summed E-state index contributed by atoms with van der Waals surface area (Å²) >= 11 is 0. The van der Waals surface area contributed by atoms with Crippen LogP contribution in [-0.4, -0.2) is 10.8 Å². The molecule has 1 saturated carbocycles. The minimum Gasteiger partial charge on any atom is -0.381 e. The number of nitro groups is 1. The van der Waals surface area contributed by atoms with E-state index in [1.165, 1.54) is 56.6 Å². The van der Waals surface area contributed by atoms with Gasteiger partial charge in [0, 0.05) is 17.8 Å². The van der Waals surface area contributed by atoms with Gasteiger partial charge in [-0.1, -0.05) is 56.4 Å². The largest absolute Gasteiger partial charge is 0.381 e. The van der Waals surface area contributed by atoms with E-state index in [1.54, 1.807) is 12.1 Å². The number of benzene rings is 2. The number of nitro benzene ring substituents is 1. The van der Waals surface area contributed by atoms with Crippen molar-refractivity contribution in [1.82, 2.24) is 0 Å². The molecule has 0 spiro atoms. The van der Waals surface area contributed by atoms with Crippen molar-refractivity contribution in [2.24, 2.45) is 5.73 Å². The molecule has 1 aliphatic rings. The van der Waals surface area contributed by atoms with E-state index in [1.807, 2.05) is 12.1 Å². The Hall–Kier alpha value is -2.89. The molecule has 1 aliphatic carbocycles. The van der Waals surface area contributed by atoms with Gasteiger partial charge in [0.15, 0.2) is 0 Å². The van der Waals surface area contributed by atoms with Crippen LogP contribution in [0.1, 0.15) is 72.3 Å². The van der Waals surface area contributed by atoms with Crippen molar-refractivity contribution in [3.63, 3.8) is 0 Å². The fourth-order valence-electron chi connectivity index (χ4n) is 4.01. The summed E-state index contributed by atoms with van der Waals surface area (Å²) in [5.41, 5.74) is 7.68. The van der Waals surface area contributed by atoms with Gasteiger partial charge in [-0.2, -0.15) is 0 Å². The highest BCUT2D eigenvalue weighted by atomic mass is 16.6. The van der Waals surface area contributed by atoms with E-state index in [-0.39, 0.29) is 17.8 Å². The van der Waals surface area contributed by atoms with Crippen molar-refractivity contribution in [3.05, 3.63) is 69.3 Å². The number of nitrogens with one attached hydrogen (secondary N) is 1. The zero-order chi connectivity index (χ0) is 19.9. The van der Waals surface area contributed by atoms with E-state index < -0.39 is 10.8 Å². The summed E-state index contributed by atoms with van der Waals surface area (Å²) in [6.07, 6.45) is 9.12. The number of primary amides is 1. The van der Waals surface area contributed by atoms with E-state index in [2.05, 4.69) is 17.4 Å². The lowest BCUT2D eigenvalue weighted by Crippen LogP contribution is -2.15. The molecule has 0 radical (unpaired) electrons. The topological polar surface area (TPSA) is 98.3 Å². The monoisotopic (exact) mass is 381 g/mol. The van der Waals surface area contributed by atoms with E-state index in [9.17, 15) is 14.9 Å². The molecule has 0 aromatic heterocycles. The Morgan fingerprint density at radius 2 is 1.68 bits per heavy atom. The maximum atomic E-state index is 11.5. The van der Waals surface area contributed by atoms with Gasteiger partial charge in [-0.05, 0) is 42.5 Å².